The van der Waals surface area contributed by atoms with Crippen molar-refractivity contribution in [2.24, 2.45) is 11.8 Å². The first-order valence-electron chi connectivity index (χ1n) is 9.71. The second kappa shape index (κ2) is 9.69. The number of nitrogens with zero attached hydrogens (tertiary/aromatic N) is 4. The molecule has 0 saturated heterocycles. The van der Waals surface area contributed by atoms with Crippen LogP contribution in [0.25, 0.3) is 0 Å². The maximum atomic E-state index is 12.8. The summed E-state index contributed by atoms with van der Waals surface area (Å²) in [5, 5.41) is 9.77. The second-order valence-electron chi connectivity index (χ2n) is 7.43. The SMILES string of the molecule is CN(c1nccnc1Cl)C(=O)[C@H]1CC[C@H](CN(Cc2ccccc2)C(=O)O)CC1. The molecule has 0 radical (unpaired) electrons. The zero-order valence-corrected chi connectivity index (χ0v) is 17.1. The molecule has 0 unspecified atom stereocenters. The van der Waals surface area contributed by atoms with Gasteiger partial charge in [-0.25, -0.2) is 14.8 Å². The van der Waals surface area contributed by atoms with Crippen molar-refractivity contribution in [3.63, 3.8) is 0 Å². The van der Waals surface area contributed by atoms with Crippen LogP contribution >= 0.6 is 11.6 Å². The smallest absolute Gasteiger partial charge is 0.407 e. The molecular formula is C21H25ClN4O3. The Morgan fingerprint density at radius 3 is 2.38 bits per heavy atom. The van der Waals surface area contributed by atoms with Gasteiger partial charge in [0.2, 0.25) is 5.91 Å². The van der Waals surface area contributed by atoms with Crippen molar-refractivity contribution in [2.75, 3.05) is 18.5 Å². The maximum Gasteiger partial charge on any atom is 0.407 e. The number of amides is 2. The summed E-state index contributed by atoms with van der Waals surface area (Å²) in [7, 11) is 1.66. The number of halogens is 1. The minimum absolute atomic E-state index is 0.0229. The van der Waals surface area contributed by atoms with E-state index in [9.17, 15) is 14.7 Å². The number of carbonyl (C=O) groups excluding carboxylic acids is 1. The van der Waals surface area contributed by atoms with E-state index >= 15 is 0 Å². The molecule has 1 aromatic heterocycles. The number of hydrogen-bond donors (Lipinski definition) is 1. The fourth-order valence-corrected chi connectivity index (χ4v) is 4.07. The molecule has 0 spiro atoms. The summed E-state index contributed by atoms with van der Waals surface area (Å²) in [5.74, 6) is 0.484. The zero-order chi connectivity index (χ0) is 20.8. The number of benzene rings is 1. The van der Waals surface area contributed by atoms with Crippen molar-refractivity contribution in [3.05, 3.63) is 53.4 Å². The molecule has 1 aliphatic rings. The van der Waals surface area contributed by atoms with Crippen molar-refractivity contribution in [1.29, 1.82) is 0 Å². The van der Waals surface area contributed by atoms with Crippen LogP contribution in [0.5, 0.6) is 0 Å². The summed E-state index contributed by atoms with van der Waals surface area (Å²) in [4.78, 5) is 35.5. The summed E-state index contributed by atoms with van der Waals surface area (Å²) in [5.41, 5.74) is 0.973. The lowest BCUT2D eigenvalue weighted by molar-refractivity contribution is -0.123. The summed E-state index contributed by atoms with van der Waals surface area (Å²) < 4.78 is 0. The van der Waals surface area contributed by atoms with Crippen molar-refractivity contribution in [1.82, 2.24) is 14.9 Å². The Morgan fingerprint density at radius 1 is 1.10 bits per heavy atom. The van der Waals surface area contributed by atoms with Crippen molar-refractivity contribution < 1.29 is 14.7 Å². The molecule has 0 aliphatic heterocycles. The van der Waals surface area contributed by atoms with Gasteiger partial charge in [0.05, 0.1) is 0 Å². The van der Waals surface area contributed by atoms with Crippen molar-refractivity contribution in [3.8, 4) is 0 Å². The topological polar surface area (TPSA) is 86.6 Å². The van der Waals surface area contributed by atoms with Gasteiger partial charge in [-0.15, -0.1) is 0 Å². The number of hydrogen-bond acceptors (Lipinski definition) is 4. The minimum Gasteiger partial charge on any atom is -0.465 e. The van der Waals surface area contributed by atoms with Gasteiger partial charge >= 0.3 is 6.09 Å². The number of anilines is 1. The summed E-state index contributed by atoms with van der Waals surface area (Å²) in [6.07, 6.45) is 5.17. The predicted octanol–water partition coefficient (Wildman–Crippen LogP) is 4.08. The molecule has 1 aliphatic carbocycles. The van der Waals surface area contributed by atoms with E-state index in [4.69, 9.17) is 11.6 Å². The molecule has 1 fully saturated rings. The van der Waals surface area contributed by atoms with Gasteiger partial charge in [-0.2, -0.15) is 0 Å². The third-order valence-electron chi connectivity index (χ3n) is 5.45. The lowest BCUT2D eigenvalue weighted by Gasteiger charge is -2.32. The van der Waals surface area contributed by atoms with E-state index in [1.807, 2.05) is 30.3 Å². The van der Waals surface area contributed by atoms with E-state index in [0.717, 1.165) is 31.2 Å². The highest BCUT2D eigenvalue weighted by Crippen LogP contribution is 2.32. The molecule has 2 aromatic rings. The molecule has 8 heteroatoms. The van der Waals surface area contributed by atoms with Crippen LogP contribution in [0.1, 0.15) is 31.2 Å². The monoisotopic (exact) mass is 416 g/mol. The van der Waals surface area contributed by atoms with E-state index in [2.05, 4.69) is 9.97 Å². The van der Waals surface area contributed by atoms with Gasteiger partial charge in [0.15, 0.2) is 11.0 Å². The average Bonchev–Trinajstić information content (AvgIpc) is 2.74. The molecule has 7 nitrogen and oxygen atoms in total. The first kappa shape index (κ1) is 21.0. The molecule has 2 amide bonds. The predicted molar refractivity (Wildman–Crippen MR) is 111 cm³/mol. The first-order chi connectivity index (χ1) is 14.0. The second-order valence-corrected chi connectivity index (χ2v) is 7.79. The van der Waals surface area contributed by atoms with Crippen molar-refractivity contribution >= 4 is 29.4 Å². The van der Waals surface area contributed by atoms with Crippen LogP contribution < -0.4 is 4.90 Å². The zero-order valence-electron chi connectivity index (χ0n) is 16.4. The minimum atomic E-state index is -0.913. The van der Waals surface area contributed by atoms with Gasteiger partial charge in [-0.05, 0) is 37.2 Å². The largest absolute Gasteiger partial charge is 0.465 e. The van der Waals surface area contributed by atoms with E-state index in [-0.39, 0.29) is 22.9 Å². The molecule has 0 atom stereocenters. The van der Waals surface area contributed by atoms with Crippen molar-refractivity contribution in [2.45, 2.75) is 32.2 Å². The van der Waals surface area contributed by atoms with Crippen LogP contribution in [0, 0.1) is 11.8 Å². The number of rotatable bonds is 6. The summed E-state index contributed by atoms with van der Waals surface area (Å²) in [6.45, 7) is 0.861. The van der Waals surface area contributed by atoms with E-state index < -0.39 is 6.09 Å². The first-order valence-corrected chi connectivity index (χ1v) is 10.1. The fraction of sp³-hybridized carbons (Fsp3) is 0.429. The van der Waals surface area contributed by atoms with Crippen LogP contribution in [-0.2, 0) is 11.3 Å². The molecule has 29 heavy (non-hydrogen) atoms. The lowest BCUT2D eigenvalue weighted by Crippen LogP contribution is -2.38. The number of carbonyl (C=O) groups is 2. The molecule has 3 rings (SSSR count). The van der Waals surface area contributed by atoms with Gasteiger partial charge in [0.25, 0.3) is 0 Å². The maximum absolute atomic E-state index is 12.8. The van der Waals surface area contributed by atoms with Gasteiger partial charge in [-0.1, -0.05) is 41.9 Å². The van der Waals surface area contributed by atoms with Gasteiger partial charge < -0.3 is 10.0 Å². The highest BCUT2D eigenvalue weighted by Gasteiger charge is 2.31. The Kier molecular flexibility index (Phi) is 7.04. The Hall–Kier alpha value is -2.67. The third-order valence-corrected chi connectivity index (χ3v) is 5.71. The van der Waals surface area contributed by atoms with Crippen LogP contribution in [-0.4, -0.2) is 45.6 Å². The molecule has 1 N–H and O–H groups in total. The van der Waals surface area contributed by atoms with Gasteiger partial charge in [-0.3, -0.25) is 9.69 Å². The van der Waals surface area contributed by atoms with Crippen LogP contribution in [0.2, 0.25) is 5.15 Å². The normalized spacial score (nSPS) is 18.8. The summed E-state index contributed by atoms with van der Waals surface area (Å²) >= 11 is 6.05. The van der Waals surface area contributed by atoms with Crippen LogP contribution in [0.15, 0.2) is 42.7 Å². The highest BCUT2D eigenvalue weighted by atomic mass is 35.5. The number of carboxylic acid groups (broad SMARTS) is 1. The highest BCUT2D eigenvalue weighted by molar-refractivity contribution is 6.32. The molecule has 1 aromatic carbocycles. The molecule has 1 saturated carbocycles. The molecule has 154 valence electrons. The van der Waals surface area contributed by atoms with Gasteiger partial charge in [0.1, 0.15) is 0 Å². The van der Waals surface area contributed by atoms with Crippen LogP contribution in [0.4, 0.5) is 10.6 Å². The molecular weight excluding hydrogens is 392 g/mol. The van der Waals surface area contributed by atoms with Crippen LogP contribution in [0.3, 0.4) is 0 Å². The number of aromatic nitrogens is 2. The quantitative estimate of drug-likeness (QED) is 0.766. The Bertz CT molecular complexity index is 841. The van der Waals surface area contributed by atoms with E-state index in [1.54, 1.807) is 7.05 Å². The molecule has 1 heterocycles. The fourth-order valence-electron chi connectivity index (χ4n) is 3.83. The Balaban J connectivity index is 1.54. The lowest BCUT2D eigenvalue weighted by atomic mass is 9.81. The molecule has 0 bridgehead atoms. The summed E-state index contributed by atoms with van der Waals surface area (Å²) in [6, 6.07) is 9.59. The standard InChI is InChI=1S/C21H25ClN4O3/c1-25(19-18(22)23-11-12-24-19)20(27)17-9-7-16(8-10-17)14-26(21(28)29)13-15-5-3-2-4-6-15/h2-6,11-12,16-17H,7-10,13-14H2,1H3,(H,28,29)/t16-,17-. The average molecular weight is 417 g/mol. The Morgan fingerprint density at radius 2 is 1.76 bits per heavy atom. The Labute approximate surface area is 175 Å². The van der Waals surface area contributed by atoms with E-state index in [1.165, 1.54) is 22.2 Å². The van der Waals surface area contributed by atoms with Gasteiger partial charge in [0, 0.05) is 38.4 Å². The van der Waals surface area contributed by atoms with E-state index in [0.29, 0.717) is 18.9 Å². The third kappa shape index (κ3) is 5.44.